The lowest BCUT2D eigenvalue weighted by atomic mass is 10.0. The van der Waals surface area contributed by atoms with Gasteiger partial charge in [0, 0.05) is 13.0 Å². The summed E-state index contributed by atoms with van der Waals surface area (Å²) < 4.78 is 0. The van der Waals surface area contributed by atoms with Gasteiger partial charge in [0.05, 0.1) is 17.3 Å². The number of benzene rings is 1. The van der Waals surface area contributed by atoms with Gasteiger partial charge in [0.1, 0.15) is 0 Å². The lowest BCUT2D eigenvalue weighted by Gasteiger charge is -2.19. The number of hydrogen-bond acceptors (Lipinski definition) is 3. The first-order valence-electron chi connectivity index (χ1n) is 6.41. The molecular formula is C15H16N2O2. The molecule has 0 bridgehead atoms. The lowest BCUT2D eigenvalue weighted by molar-refractivity contribution is -0.114. The fourth-order valence-electron chi connectivity index (χ4n) is 2.36. The first kappa shape index (κ1) is 13.3. The van der Waals surface area contributed by atoms with E-state index in [0.29, 0.717) is 18.5 Å². The summed E-state index contributed by atoms with van der Waals surface area (Å²) in [5, 5.41) is 8.51. The number of anilines is 1. The molecule has 4 nitrogen and oxygen atoms in total. The smallest absolute Gasteiger partial charge is 0.299 e. The number of Topliss-reactive ketones (excluding diaryl/α,β-unsaturated/α-hetero) is 1. The summed E-state index contributed by atoms with van der Waals surface area (Å²) in [5.41, 5.74) is 3.32. The molecule has 1 aliphatic heterocycles. The van der Waals surface area contributed by atoms with E-state index in [-0.39, 0.29) is 0 Å². The molecule has 0 aliphatic carbocycles. The Morgan fingerprint density at radius 2 is 1.95 bits per heavy atom. The molecule has 0 saturated heterocycles. The zero-order valence-corrected chi connectivity index (χ0v) is 11.2. The number of aryl methyl sites for hydroxylation is 1. The Morgan fingerprint density at radius 1 is 1.21 bits per heavy atom. The second-order valence-electron chi connectivity index (χ2n) is 4.80. The number of fused-ring (bicyclic) bond motifs is 1. The first-order valence-corrected chi connectivity index (χ1v) is 6.41. The Kier molecular flexibility index (Phi) is 3.66. The monoisotopic (exact) mass is 256 g/mol. The van der Waals surface area contributed by atoms with Crippen LogP contribution in [0.1, 0.15) is 40.7 Å². The van der Waals surface area contributed by atoms with Crippen LogP contribution in [0, 0.1) is 25.2 Å². The van der Waals surface area contributed by atoms with Gasteiger partial charge in [-0.05, 0) is 43.9 Å². The van der Waals surface area contributed by atoms with Crippen molar-refractivity contribution in [3.05, 3.63) is 28.8 Å². The number of hydrogen-bond donors (Lipinski definition) is 0. The normalized spacial score (nSPS) is 13.6. The molecule has 1 aliphatic rings. The highest BCUT2D eigenvalue weighted by Crippen LogP contribution is 2.34. The molecule has 2 rings (SSSR count). The minimum absolute atomic E-state index is 0.418. The minimum atomic E-state index is -0.444. The molecule has 4 heteroatoms. The second kappa shape index (κ2) is 5.23. The second-order valence-corrected chi connectivity index (χ2v) is 4.80. The molecule has 0 fully saturated rings. The van der Waals surface area contributed by atoms with Crippen molar-refractivity contribution in [3.63, 3.8) is 0 Å². The molecule has 0 N–H and O–H groups in total. The number of amides is 1. The molecule has 0 radical (unpaired) electrons. The SMILES string of the molecule is Cc1ccc2c(c1C)N(CCCCC#N)C(=O)C2=O. The highest BCUT2D eigenvalue weighted by molar-refractivity contribution is 6.52. The van der Waals surface area contributed by atoms with Crippen molar-refractivity contribution in [1.29, 1.82) is 5.26 Å². The highest BCUT2D eigenvalue weighted by Gasteiger charge is 2.36. The van der Waals surface area contributed by atoms with E-state index in [1.54, 1.807) is 11.0 Å². The summed E-state index contributed by atoms with van der Waals surface area (Å²) in [7, 11) is 0. The van der Waals surface area contributed by atoms with Gasteiger partial charge in [-0.3, -0.25) is 9.59 Å². The zero-order chi connectivity index (χ0) is 14.0. The molecule has 0 spiro atoms. The van der Waals surface area contributed by atoms with Crippen LogP contribution in [0.15, 0.2) is 12.1 Å². The fourth-order valence-corrected chi connectivity index (χ4v) is 2.36. The largest absolute Gasteiger partial charge is 0.304 e. The first-order chi connectivity index (χ1) is 9.07. The number of carbonyl (C=O) groups excluding carboxylic acids is 2. The Labute approximate surface area is 112 Å². The van der Waals surface area contributed by atoms with Crippen LogP contribution in [-0.4, -0.2) is 18.2 Å². The number of unbranched alkanes of at least 4 members (excludes halogenated alkanes) is 2. The van der Waals surface area contributed by atoms with Crippen LogP contribution in [0.25, 0.3) is 0 Å². The predicted octanol–water partition coefficient (Wildman–Crippen LogP) is 2.53. The molecule has 19 heavy (non-hydrogen) atoms. The molecule has 1 amide bonds. The highest BCUT2D eigenvalue weighted by atomic mass is 16.2. The fraction of sp³-hybridized carbons (Fsp3) is 0.400. The number of rotatable bonds is 4. The maximum Gasteiger partial charge on any atom is 0.299 e. The minimum Gasteiger partial charge on any atom is -0.304 e. The van der Waals surface area contributed by atoms with Gasteiger partial charge in [-0.15, -0.1) is 0 Å². The van der Waals surface area contributed by atoms with Gasteiger partial charge in [0.25, 0.3) is 11.7 Å². The van der Waals surface area contributed by atoms with Gasteiger partial charge in [0.2, 0.25) is 0 Å². The van der Waals surface area contributed by atoms with Crippen molar-refractivity contribution >= 4 is 17.4 Å². The lowest BCUT2D eigenvalue weighted by Crippen LogP contribution is -2.31. The van der Waals surface area contributed by atoms with E-state index in [1.165, 1.54) is 0 Å². The van der Waals surface area contributed by atoms with Crippen molar-refractivity contribution in [3.8, 4) is 6.07 Å². The Balaban J connectivity index is 2.28. The van der Waals surface area contributed by atoms with Gasteiger partial charge in [-0.25, -0.2) is 0 Å². The van der Waals surface area contributed by atoms with Gasteiger partial charge in [-0.1, -0.05) is 6.07 Å². The van der Waals surface area contributed by atoms with Crippen LogP contribution in [0.5, 0.6) is 0 Å². The summed E-state index contributed by atoms with van der Waals surface area (Å²) >= 11 is 0. The van der Waals surface area contributed by atoms with Gasteiger partial charge < -0.3 is 4.90 Å². The summed E-state index contributed by atoms with van der Waals surface area (Å²) in [6.45, 7) is 4.41. The third-order valence-electron chi connectivity index (χ3n) is 3.58. The Bertz CT molecular complexity index is 585. The molecule has 1 aromatic carbocycles. The zero-order valence-electron chi connectivity index (χ0n) is 11.2. The van der Waals surface area contributed by atoms with E-state index in [1.807, 2.05) is 19.9 Å². The van der Waals surface area contributed by atoms with Crippen molar-refractivity contribution in [2.24, 2.45) is 0 Å². The average molecular weight is 256 g/mol. The third-order valence-corrected chi connectivity index (χ3v) is 3.58. The van der Waals surface area contributed by atoms with E-state index < -0.39 is 11.7 Å². The van der Waals surface area contributed by atoms with E-state index in [4.69, 9.17) is 5.26 Å². The predicted molar refractivity (Wildman–Crippen MR) is 72.1 cm³/mol. The third kappa shape index (κ3) is 2.24. The van der Waals surface area contributed by atoms with Crippen LogP contribution in [0.3, 0.4) is 0 Å². The molecule has 0 atom stereocenters. The Morgan fingerprint density at radius 3 is 2.63 bits per heavy atom. The van der Waals surface area contributed by atoms with Crippen molar-refractivity contribution in [2.75, 3.05) is 11.4 Å². The maximum absolute atomic E-state index is 12.0. The molecule has 0 aromatic heterocycles. The van der Waals surface area contributed by atoms with Gasteiger partial charge in [0.15, 0.2) is 0 Å². The average Bonchev–Trinajstić information content (AvgIpc) is 2.64. The number of nitriles is 1. The molecule has 0 saturated carbocycles. The Hall–Kier alpha value is -2.15. The molecular weight excluding hydrogens is 240 g/mol. The van der Waals surface area contributed by atoms with Gasteiger partial charge >= 0.3 is 0 Å². The van der Waals surface area contributed by atoms with Crippen LogP contribution in [0.4, 0.5) is 5.69 Å². The van der Waals surface area contributed by atoms with Crippen LogP contribution >= 0.6 is 0 Å². The quantitative estimate of drug-likeness (QED) is 0.614. The summed E-state index contributed by atoms with van der Waals surface area (Å²) in [4.78, 5) is 25.5. The van der Waals surface area contributed by atoms with Crippen molar-refractivity contribution < 1.29 is 9.59 Å². The molecule has 1 aromatic rings. The molecule has 0 unspecified atom stereocenters. The summed E-state index contributed by atoms with van der Waals surface area (Å²) in [6, 6.07) is 5.69. The number of carbonyl (C=O) groups is 2. The topological polar surface area (TPSA) is 61.2 Å². The van der Waals surface area contributed by atoms with Crippen LogP contribution < -0.4 is 4.90 Å². The van der Waals surface area contributed by atoms with E-state index in [9.17, 15) is 9.59 Å². The van der Waals surface area contributed by atoms with Gasteiger partial charge in [-0.2, -0.15) is 5.26 Å². The van der Waals surface area contributed by atoms with E-state index in [2.05, 4.69) is 6.07 Å². The van der Waals surface area contributed by atoms with Crippen LogP contribution in [0.2, 0.25) is 0 Å². The van der Waals surface area contributed by atoms with Crippen LogP contribution in [-0.2, 0) is 4.79 Å². The molecule has 98 valence electrons. The maximum atomic E-state index is 12.0. The van der Waals surface area contributed by atoms with Crippen molar-refractivity contribution in [2.45, 2.75) is 33.1 Å². The number of ketones is 1. The summed E-state index contributed by atoms with van der Waals surface area (Å²) in [5.74, 6) is -0.862. The standard InChI is InChI=1S/C15H16N2O2/c1-10-6-7-12-13(11(10)2)17(15(19)14(12)18)9-5-3-4-8-16/h6-7H,3-5,9H2,1-2H3. The van der Waals surface area contributed by atoms with E-state index >= 15 is 0 Å². The van der Waals surface area contributed by atoms with Crippen molar-refractivity contribution in [1.82, 2.24) is 0 Å². The molecule has 1 heterocycles. The number of nitrogens with zero attached hydrogens (tertiary/aromatic N) is 2. The van der Waals surface area contributed by atoms with E-state index in [0.717, 1.165) is 29.7 Å². The summed E-state index contributed by atoms with van der Waals surface area (Å²) in [6.07, 6.45) is 1.96.